The standard InChI is InChI=1S/C22H21N5O2/c1-3-20(28)26-11-16(12-26)27-10-15-6-5-14(8-19(15)24-22(27)29)21-13(2)4-7-18-17(21)9-23-25-18/h3-9,16H,1,10-12H2,2H3,(H,23,25)(H,24,29). The first-order valence-electron chi connectivity index (χ1n) is 9.60. The van der Waals surface area contributed by atoms with Gasteiger partial charge in [-0.25, -0.2) is 4.79 Å². The normalized spacial score (nSPS) is 16.4. The van der Waals surface area contributed by atoms with E-state index in [2.05, 4.69) is 47.2 Å². The number of hydrogen-bond acceptors (Lipinski definition) is 3. The largest absolute Gasteiger partial charge is 0.335 e. The van der Waals surface area contributed by atoms with Crippen molar-refractivity contribution in [2.75, 3.05) is 18.4 Å². The number of urea groups is 1. The van der Waals surface area contributed by atoms with Gasteiger partial charge in [0, 0.05) is 30.7 Å². The molecule has 0 spiro atoms. The molecule has 5 rings (SSSR count). The van der Waals surface area contributed by atoms with Gasteiger partial charge in [-0.15, -0.1) is 0 Å². The molecule has 146 valence electrons. The number of fused-ring (bicyclic) bond motifs is 2. The van der Waals surface area contributed by atoms with Crippen LogP contribution in [0.2, 0.25) is 0 Å². The molecular weight excluding hydrogens is 366 g/mol. The van der Waals surface area contributed by atoms with Crippen molar-refractivity contribution in [2.45, 2.75) is 19.5 Å². The van der Waals surface area contributed by atoms with Crippen LogP contribution in [0, 0.1) is 6.92 Å². The summed E-state index contributed by atoms with van der Waals surface area (Å²) in [4.78, 5) is 27.9. The lowest BCUT2D eigenvalue weighted by molar-refractivity contribution is -0.132. The van der Waals surface area contributed by atoms with E-state index in [1.54, 1.807) is 9.80 Å². The molecule has 2 N–H and O–H groups in total. The zero-order chi connectivity index (χ0) is 20.1. The van der Waals surface area contributed by atoms with Gasteiger partial charge in [-0.2, -0.15) is 5.10 Å². The van der Waals surface area contributed by atoms with Crippen molar-refractivity contribution < 1.29 is 9.59 Å². The van der Waals surface area contributed by atoms with E-state index in [4.69, 9.17) is 0 Å². The molecule has 0 bridgehead atoms. The molecule has 3 aromatic rings. The highest BCUT2D eigenvalue weighted by atomic mass is 16.2. The second-order valence-corrected chi connectivity index (χ2v) is 7.62. The maximum Gasteiger partial charge on any atom is 0.322 e. The van der Waals surface area contributed by atoms with Gasteiger partial charge in [0.1, 0.15) is 0 Å². The number of likely N-dealkylation sites (tertiary alicyclic amines) is 1. The Balaban J connectivity index is 1.42. The van der Waals surface area contributed by atoms with Crippen molar-refractivity contribution in [1.82, 2.24) is 20.0 Å². The van der Waals surface area contributed by atoms with Gasteiger partial charge in [-0.1, -0.05) is 24.8 Å². The molecule has 2 aromatic carbocycles. The number of H-pyrrole nitrogens is 1. The van der Waals surface area contributed by atoms with Crippen LogP contribution in [-0.2, 0) is 11.3 Å². The zero-order valence-corrected chi connectivity index (χ0v) is 16.1. The summed E-state index contributed by atoms with van der Waals surface area (Å²) in [7, 11) is 0. The number of benzene rings is 2. The van der Waals surface area contributed by atoms with Gasteiger partial charge in [0.2, 0.25) is 5.91 Å². The summed E-state index contributed by atoms with van der Waals surface area (Å²) in [6.45, 7) is 7.23. The van der Waals surface area contributed by atoms with Crippen LogP contribution in [0.4, 0.5) is 10.5 Å². The maximum atomic E-state index is 12.7. The highest BCUT2D eigenvalue weighted by Gasteiger charge is 2.38. The van der Waals surface area contributed by atoms with Crippen LogP contribution in [-0.4, -0.2) is 51.1 Å². The van der Waals surface area contributed by atoms with Crippen LogP contribution >= 0.6 is 0 Å². The molecule has 2 aliphatic rings. The Morgan fingerprint density at radius 2 is 2.10 bits per heavy atom. The molecule has 1 saturated heterocycles. The molecule has 1 aromatic heterocycles. The van der Waals surface area contributed by atoms with Crippen LogP contribution < -0.4 is 5.32 Å². The summed E-state index contributed by atoms with van der Waals surface area (Å²) in [5, 5.41) is 11.3. The molecule has 2 aliphatic heterocycles. The smallest absolute Gasteiger partial charge is 0.322 e. The Morgan fingerprint density at radius 1 is 1.28 bits per heavy atom. The first kappa shape index (κ1) is 17.5. The Hall–Kier alpha value is -3.61. The van der Waals surface area contributed by atoms with Crippen molar-refractivity contribution in [1.29, 1.82) is 0 Å². The Bertz CT molecular complexity index is 1160. The topological polar surface area (TPSA) is 81.3 Å². The molecule has 3 heterocycles. The van der Waals surface area contributed by atoms with Crippen LogP contribution in [0.15, 0.2) is 49.2 Å². The van der Waals surface area contributed by atoms with Crippen molar-refractivity contribution >= 4 is 28.5 Å². The maximum absolute atomic E-state index is 12.7. The Labute approximate surface area is 168 Å². The molecule has 0 atom stereocenters. The number of aromatic amines is 1. The third-order valence-electron chi connectivity index (χ3n) is 5.86. The van der Waals surface area contributed by atoms with Crippen molar-refractivity contribution in [3.05, 3.63) is 60.3 Å². The summed E-state index contributed by atoms with van der Waals surface area (Å²) in [5.41, 5.74) is 6.22. The molecule has 0 unspecified atom stereocenters. The van der Waals surface area contributed by atoms with Crippen molar-refractivity contribution in [3.63, 3.8) is 0 Å². The van der Waals surface area contributed by atoms with Gasteiger partial charge < -0.3 is 15.1 Å². The van der Waals surface area contributed by atoms with E-state index in [1.807, 2.05) is 18.3 Å². The summed E-state index contributed by atoms with van der Waals surface area (Å²) >= 11 is 0. The number of carbonyl (C=O) groups excluding carboxylic acids is 2. The minimum Gasteiger partial charge on any atom is -0.335 e. The molecule has 0 radical (unpaired) electrons. The number of hydrogen-bond donors (Lipinski definition) is 2. The van der Waals surface area contributed by atoms with E-state index in [-0.39, 0.29) is 18.0 Å². The van der Waals surface area contributed by atoms with E-state index in [0.717, 1.165) is 38.8 Å². The summed E-state index contributed by atoms with van der Waals surface area (Å²) in [5.74, 6) is -0.0903. The summed E-state index contributed by atoms with van der Waals surface area (Å²) in [6, 6.07) is 10.2. The lowest BCUT2D eigenvalue weighted by atomic mass is 9.94. The number of amides is 3. The fraction of sp³-hybridized carbons (Fsp3) is 0.227. The predicted octanol–water partition coefficient (Wildman–Crippen LogP) is 3.28. The van der Waals surface area contributed by atoms with Crippen LogP contribution in [0.5, 0.6) is 0 Å². The number of aryl methyl sites for hydroxylation is 1. The molecule has 0 saturated carbocycles. The number of carbonyl (C=O) groups is 2. The highest BCUT2D eigenvalue weighted by Crippen LogP contribution is 2.35. The number of nitrogens with zero attached hydrogens (tertiary/aromatic N) is 3. The Morgan fingerprint density at radius 3 is 2.90 bits per heavy atom. The minimum atomic E-state index is -0.122. The average Bonchev–Trinajstić information content (AvgIpc) is 3.15. The third kappa shape index (κ3) is 2.77. The second kappa shape index (κ2) is 6.48. The van der Waals surface area contributed by atoms with E-state index < -0.39 is 0 Å². The Kier molecular flexibility index (Phi) is 3.91. The molecular formula is C22H21N5O2. The molecule has 3 amide bonds. The molecule has 0 aliphatic carbocycles. The molecule has 7 heteroatoms. The molecule has 29 heavy (non-hydrogen) atoms. The van der Waals surface area contributed by atoms with Crippen LogP contribution in [0.25, 0.3) is 22.0 Å². The number of nitrogens with one attached hydrogen (secondary N) is 2. The molecule has 7 nitrogen and oxygen atoms in total. The summed E-state index contributed by atoms with van der Waals surface area (Å²) in [6.07, 6.45) is 3.15. The van der Waals surface area contributed by atoms with Crippen LogP contribution in [0.3, 0.4) is 0 Å². The number of anilines is 1. The first-order valence-corrected chi connectivity index (χ1v) is 9.60. The van der Waals surface area contributed by atoms with Crippen LogP contribution in [0.1, 0.15) is 11.1 Å². The van der Waals surface area contributed by atoms with E-state index in [9.17, 15) is 9.59 Å². The zero-order valence-electron chi connectivity index (χ0n) is 16.1. The van der Waals surface area contributed by atoms with E-state index in [1.165, 1.54) is 6.08 Å². The lowest BCUT2D eigenvalue weighted by Gasteiger charge is -2.46. The van der Waals surface area contributed by atoms with Crippen molar-refractivity contribution in [2.24, 2.45) is 0 Å². The van der Waals surface area contributed by atoms with Gasteiger partial charge in [0.15, 0.2) is 0 Å². The van der Waals surface area contributed by atoms with Gasteiger partial charge >= 0.3 is 6.03 Å². The second-order valence-electron chi connectivity index (χ2n) is 7.62. The average molecular weight is 387 g/mol. The fourth-order valence-electron chi connectivity index (χ4n) is 4.19. The van der Waals surface area contributed by atoms with Gasteiger partial charge in [0.25, 0.3) is 0 Å². The van der Waals surface area contributed by atoms with E-state index in [0.29, 0.717) is 19.6 Å². The van der Waals surface area contributed by atoms with Crippen molar-refractivity contribution in [3.8, 4) is 11.1 Å². The SMILES string of the molecule is C=CC(=O)N1CC(N2Cc3ccc(-c4c(C)ccc5[nH]ncc45)cc3NC2=O)C1. The number of aromatic nitrogens is 2. The fourth-order valence-corrected chi connectivity index (χ4v) is 4.19. The number of rotatable bonds is 3. The van der Waals surface area contributed by atoms with Gasteiger partial charge in [-0.3, -0.25) is 9.89 Å². The quantitative estimate of drug-likeness (QED) is 0.677. The lowest BCUT2D eigenvalue weighted by Crippen LogP contribution is -2.63. The predicted molar refractivity (Wildman–Crippen MR) is 111 cm³/mol. The summed E-state index contributed by atoms with van der Waals surface area (Å²) < 4.78 is 0. The monoisotopic (exact) mass is 387 g/mol. The third-order valence-corrected chi connectivity index (χ3v) is 5.86. The minimum absolute atomic E-state index is 0.0358. The van der Waals surface area contributed by atoms with Gasteiger partial charge in [-0.05, 0) is 47.4 Å². The van der Waals surface area contributed by atoms with Gasteiger partial charge in [0.05, 0.1) is 17.8 Å². The first-order chi connectivity index (χ1) is 14.0. The molecule has 1 fully saturated rings. The highest BCUT2D eigenvalue weighted by molar-refractivity contribution is 5.99. The van der Waals surface area contributed by atoms with E-state index >= 15 is 0 Å².